The molecule has 0 saturated carbocycles. The smallest absolute Gasteiger partial charge is 0.407 e. The van der Waals surface area contributed by atoms with Gasteiger partial charge in [0, 0.05) is 32.2 Å². The summed E-state index contributed by atoms with van der Waals surface area (Å²) in [7, 11) is 0. The molecule has 0 aromatic carbocycles. The fourth-order valence-corrected chi connectivity index (χ4v) is 2.07. The van der Waals surface area contributed by atoms with Gasteiger partial charge in [-0.1, -0.05) is 11.6 Å². The predicted octanol–water partition coefficient (Wildman–Crippen LogP) is 1.58. The molecule has 0 aliphatic carbocycles. The second-order valence-electron chi connectivity index (χ2n) is 3.57. The van der Waals surface area contributed by atoms with Crippen LogP contribution in [0.15, 0.2) is 6.07 Å². The quantitative estimate of drug-likeness (QED) is 0.623. The average Bonchev–Trinajstić information content (AvgIpc) is 2.28. The third kappa shape index (κ3) is 2.89. The molecule has 0 radical (unpaired) electrons. The molecule has 0 unspecified atom stereocenters. The van der Waals surface area contributed by atoms with Crippen LogP contribution < -0.4 is 4.90 Å². The zero-order chi connectivity index (χ0) is 12.4. The maximum atomic E-state index is 10.7. The van der Waals surface area contributed by atoms with E-state index in [2.05, 4.69) is 9.97 Å². The van der Waals surface area contributed by atoms with Crippen LogP contribution in [0.2, 0.25) is 10.4 Å². The molecule has 1 N–H and O–H groups in total. The SMILES string of the molecule is O=C(O)N1CCN(c2cc(Cl)nc(Cl)n2)CC1. The maximum absolute atomic E-state index is 10.7. The second kappa shape index (κ2) is 4.93. The Labute approximate surface area is 108 Å². The summed E-state index contributed by atoms with van der Waals surface area (Å²) in [5.41, 5.74) is 0. The number of nitrogens with zero attached hydrogens (tertiary/aromatic N) is 4. The van der Waals surface area contributed by atoms with Gasteiger partial charge in [0.25, 0.3) is 0 Å². The Morgan fingerprint density at radius 3 is 2.41 bits per heavy atom. The highest BCUT2D eigenvalue weighted by atomic mass is 35.5. The molecule has 1 fully saturated rings. The summed E-state index contributed by atoms with van der Waals surface area (Å²) in [6, 6.07) is 1.61. The van der Waals surface area contributed by atoms with Crippen LogP contribution in [0.1, 0.15) is 0 Å². The monoisotopic (exact) mass is 276 g/mol. The van der Waals surface area contributed by atoms with Crippen molar-refractivity contribution in [1.29, 1.82) is 0 Å². The van der Waals surface area contributed by atoms with Crippen LogP contribution in [0.3, 0.4) is 0 Å². The third-order valence-corrected chi connectivity index (χ3v) is 2.89. The van der Waals surface area contributed by atoms with Crippen LogP contribution >= 0.6 is 23.2 Å². The summed E-state index contributed by atoms with van der Waals surface area (Å²) in [6.45, 7) is 2.01. The minimum Gasteiger partial charge on any atom is -0.465 e. The minimum absolute atomic E-state index is 0.0909. The molecule has 8 heteroatoms. The van der Waals surface area contributed by atoms with Gasteiger partial charge in [0.05, 0.1) is 0 Å². The number of carboxylic acid groups (broad SMARTS) is 1. The summed E-state index contributed by atoms with van der Waals surface area (Å²) in [5, 5.41) is 9.19. The van der Waals surface area contributed by atoms with Gasteiger partial charge in [-0.2, -0.15) is 0 Å². The molecule has 17 heavy (non-hydrogen) atoms. The van der Waals surface area contributed by atoms with E-state index in [9.17, 15) is 4.79 Å². The number of rotatable bonds is 1. The lowest BCUT2D eigenvalue weighted by molar-refractivity contribution is 0.142. The van der Waals surface area contributed by atoms with Crippen LogP contribution in [0.4, 0.5) is 10.6 Å². The molecule has 2 heterocycles. The Kier molecular flexibility index (Phi) is 3.54. The average molecular weight is 277 g/mol. The number of halogens is 2. The molecule has 1 aromatic heterocycles. The molecular formula is C9H10Cl2N4O2. The molecule has 0 atom stereocenters. The normalized spacial score (nSPS) is 16.1. The Balaban J connectivity index is 2.07. The molecule has 1 aromatic rings. The summed E-state index contributed by atoms with van der Waals surface area (Å²) < 4.78 is 0. The highest BCUT2D eigenvalue weighted by Crippen LogP contribution is 2.19. The van der Waals surface area contributed by atoms with E-state index in [1.54, 1.807) is 6.07 Å². The van der Waals surface area contributed by atoms with E-state index in [1.807, 2.05) is 4.90 Å². The summed E-state index contributed by atoms with van der Waals surface area (Å²) in [4.78, 5) is 21.9. The number of anilines is 1. The van der Waals surface area contributed by atoms with E-state index in [-0.39, 0.29) is 10.4 Å². The van der Waals surface area contributed by atoms with Crippen molar-refractivity contribution in [3.8, 4) is 0 Å². The fraction of sp³-hybridized carbons (Fsp3) is 0.444. The molecule has 2 rings (SSSR count). The predicted molar refractivity (Wildman–Crippen MR) is 63.9 cm³/mol. The molecule has 1 aliphatic rings. The van der Waals surface area contributed by atoms with Gasteiger partial charge in [-0.15, -0.1) is 0 Å². The number of piperazine rings is 1. The number of amides is 1. The van der Waals surface area contributed by atoms with E-state index in [0.29, 0.717) is 32.0 Å². The number of carbonyl (C=O) groups is 1. The topological polar surface area (TPSA) is 69.6 Å². The first-order chi connectivity index (χ1) is 8.06. The Bertz CT molecular complexity index is 415. The van der Waals surface area contributed by atoms with Crippen LogP contribution in [0.25, 0.3) is 0 Å². The van der Waals surface area contributed by atoms with Crippen molar-refractivity contribution in [2.45, 2.75) is 0 Å². The van der Waals surface area contributed by atoms with Crippen molar-refractivity contribution in [1.82, 2.24) is 14.9 Å². The standard InChI is InChI=1S/C9H10Cl2N4O2/c10-6-5-7(13-8(11)12-6)14-1-3-15(4-2-14)9(16)17/h5H,1-4H2,(H,16,17). The second-order valence-corrected chi connectivity index (χ2v) is 4.30. The molecule has 0 bridgehead atoms. The van der Waals surface area contributed by atoms with Crippen molar-refractivity contribution >= 4 is 35.1 Å². The van der Waals surface area contributed by atoms with Gasteiger partial charge in [-0.3, -0.25) is 0 Å². The number of hydrogen-bond acceptors (Lipinski definition) is 4. The van der Waals surface area contributed by atoms with Crippen molar-refractivity contribution in [2.24, 2.45) is 0 Å². The van der Waals surface area contributed by atoms with Crippen LogP contribution in [-0.4, -0.2) is 52.2 Å². The number of hydrogen-bond donors (Lipinski definition) is 1. The molecule has 1 saturated heterocycles. The molecule has 0 spiro atoms. The summed E-state index contributed by atoms with van der Waals surface area (Å²) >= 11 is 11.5. The largest absolute Gasteiger partial charge is 0.465 e. The van der Waals surface area contributed by atoms with Crippen molar-refractivity contribution in [2.75, 3.05) is 31.1 Å². The number of aromatic nitrogens is 2. The first-order valence-electron chi connectivity index (χ1n) is 4.99. The van der Waals surface area contributed by atoms with Crippen molar-refractivity contribution in [3.63, 3.8) is 0 Å². The lowest BCUT2D eigenvalue weighted by Crippen LogP contribution is -2.48. The Hall–Kier alpha value is -1.27. The molecular weight excluding hydrogens is 267 g/mol. The van der Waals surface area contributed by atoms with E-state index >= 15 is 0 Å². The molecule has 92 valence electrons. The van der Waals surface area contributed by atoms with Gasteiger partial charge in [-0.05, 0) is 11.6 Å². The van der Waals surface area contributed by atoms with E-state index in [4.69, 9.17) is 28.3 Å². The highest BCUT2D eigenvalue weighted by Gasteiger charge is 2.21. The Morgan fingerprint density at radius 1 is 1.24 bits per heavy atom. The van der Waals surface area contributed by atoms with Gasteiger partial charge in [0.2, 0.25) is 5.28 Å². The van der Waals surface area contributed by atoms with E-state index < -0.39 is 6.09 Å². The van der Waals surface area contributed by atoms with Crippen LogP contribution in [0, 0.1) is 0 Å². The molecule has 6 nitrogen and oxygen atoms in total. The van der Waals surface area contributed by atoms with Crippen molar-refractivity contribution in [3.05, 3.63) is 16.5 Å². The first kappa shape index (κ1) is 12.2. The maximum Gasteiger partial charge on any atom is 0.407 e. The summed E-state index contributed by atoms with van der Waals surface area (Å²) in [5.74, 6) is 0.625. The van der Waals surface area contributed by atoms with Crippen LogP contribution in [-0.2, 0) is 0 Å². The fourth-order valence-electron chi connectivity index (χ4n) is 1.67. The third-order valence-electron chi connectivity index (χ3n) is 2.53. The minimum atomic E-state index is -0.900. The lowest BCUT2D eigenvalue weighted by atomic mass is 10.3. The van der Waals surface area contributed by atoms with Crippen LogP contribution in [0.5, 0.6) is 0 Å². The molecule has 1 amide bonds. The first-order valence-corrected chi connectivity index (χ1v) is 5.75. The van der Waals surface area contributed by atoms with E-state index in [1.165, 1.54) is 4.90 Å². The van der Waals surface area contributed by atoms with Gasteiger partial charge in [-0.25, -0.2) is 14.8 Å². The highest BCUT2D eigenvalue weighted by molar-refractivity contribution is 6.32. The summed E-state index contributed by atoms with van der Waals surface area (Å²) in [6.07, 6.45) is -0.900. The van der Waals surface area contributed by atoms with Gasteiger partial charge >= 0.3 is 6.09 Å². The zero-order valence-electron chi connectivity index (χ0n) is 8.81. The van der Waals surface area contributed by atoms with Gasteiger partial charge < -0.3 is 14.9 Å². The Morgan fingerprint density at radius 2 is 1.88 bits per heavy atom. The molecule has 1 aliphatic heterocycles. The zero-order valence-corrected chi connectivity index (χ0v) is 10.3. The van der Waals surface area contributed by atoms with Gasteiger partial charge in [0.15, 0.2) is 0 Å². The lowest BCUT2D eigenvalue weighted by Gasteiger charge is -2.33. The van der Waals surface area contributed by atoms with Crippen molar-refractivity contribution < 1.29 is 9.90 Å². The van der Waals surface area contributed by atoms with E-state index in [0.717, 1.165) is 0 Å². The van der Waals surface area contributed by atoms with Gasteiger partial charge in [0.1, 0.15) is 11.0 Å².